The Balaban J connectivity index is 1.72. The average Bonchev–Trinajstić information content (AvgIpc) is 2.96. The first-order chi connectivity index (χ1) is 15.4. The molecule has 1 aromatic carbocycles. The number of aryl methyl sites for hydroxylation is 2. The Hall–Kier alpha value is -3.07. The highest BCUT2D eigenvalue weighted by Crippen LogP contribution is 2.24. The Labute approximate surface area is 186 Å². The van der Waals surface area contributed by atoms with E-state index in [1.165, 1.54) is 11.6 Å². The van der Waals surface area contributed by atoms with Gasteiger partial charge in [0, 0.05) is 27.2 Å². The second kappa shape index (κ2) is 9.20. The quantitative estimate of drug-likeness (QED) is 0.624. The van der Waals surface area contributed by atoms with Crippen molar-refractivity contribution in [3.8, 4) is 5.75 Å². The number of anilines is 1. The number of benzene rings is 1. The highest BCUT2D eigenvalue weighted by atomic mass is 16.5. The van der Waals surface area contributed by atoms with E-state index in [-0.39, 0.29) is 13.2 Å². The number of aromatic nitrogens is 4. The molecule has 0 spiro atoms. The Bertz CT molecular complexity index is 1220. The smallest absolute Gasteiger partial charge is 0.332 e. The molecule has 3 aromatic rings. The van der Waals surface area contributed by atoms with Crippen molar-refractivity contribution in [2.24, 2.45) is 14.1 Å². The summed E-state index contributed by atoms with van der Waals surface area (Å²) in [7, 11) is 3.08. The number of nitrogens with zero attached hydrogens (tertiary/aromatic N) is 5. The first kappa shape index (κ1) is 22.1. The summed E-state index contributed by atoms with van der Waals surface area (Å²) < 4.78 is 10.1. The van der Waals surface area contributed by atoms with Crippen LogP contribution in [0.5, 0.6) is 5.75 Å². The molecule has 1 fully saturated rings. The van der Waals surface area contributed by atoms with E-state index in [2.05, 4.69) is 4.90 Å². The van der Waals surface area contributed by atoms with Crippen molar-refractivity contribution in [3.63, 3.8) is 0 Å². The van der Waals surface area contributed by atoms with Crippen molar-refractivity contribution in [1.29, 1.82) is 0 Å². The van der Waals surface area contributed by atoms with Gasteiger partial charge in [-0.2, -0.15) is 4.98 Å². The van der Waals surface area contributed by atoms with E-state index >= 15 is 0 Å². The molecule has 1 N–H and O–H groups in total. The Morgan fingerprint density at radius 1 is 1.06 bits per heavy atom. The fraction of sp³-hybridized carbons (Fsp3) is 0.522. The van der Waals surface area contributed by atoms with Crippen LogP contribution < -0.4 is 20.9 Å². The van der Waals surface area contributed by atoms with Crippen LogP contribution in [0.4, 0.5) is 5.95 Å². The van der Waals surface area contributed by atoms with E-state index in [1.54, 1.807) is 11.6 Å². The molecule has 0 bridgehead atoms. The van der Waals surface area contributed by atoms with E-state index < -0.39 is 17.4 Å². The van der Waals surface area contributed by atoms with Gasteiger partial charge >= 0.3 is 5.69 Å². The number of hydrogen-bond acceptors (Lipinski definition) is 6. The predicted octanol–water partition coefficient (Wildman–Crippen LogP) is 1.56. The average molecular weight is 442 g/mol. The molecule has 4 rings (SSSR count). The zero-order valence-electron chi connectivity index (χ0n) is 19.0. The third-order valence-corrected chi connectivity index (χ3v) is 6.13. The summed E-state index contributed by atoms with van der Waals surface area (Å²) in [5.74, 6) is 1.34. The standard InChI is InChI=1S/C23H31N5O4/c1-16-10-6-7-11-18(16)32-15-17(29)14-28-19-20(25(2)23(31)26(3)21(19)30)24-22(28)27-12-8-4-5-9-13-27/h6-7,10-11,17,29H,4-5,8-9,12-15H2,1-3H3/t17-/m1/s1. The molecule has 0 aliphatic carbocycles. The summed E-state index contributed by atoms with van der Waals surface area (Å²) in [4.78, 5) is 32.4. The van der Waals surface area contributed by atoms with Crippen LogP contribution in [0.1, 0.15) is 31.2 Å². The zero-order valence-corrected chi connectivity index (χ0v) is 19.0. The van der Waals surface area contributed by atoms with E-state index in [4.69, 9.17) is 9.72 Å². The molecule has 0 amide bonds. The van der Waals surface area contributed by atoms with Crippen molar-refractivity contribution >= 4 is 17.1 Å². The van der Waals surface area contributed by atoms with Crippen molar-refractivity contribution in [2.75, 3.05) is 24.6 Å². The van der Waals surface area contributed by atoms with Crippen molar-refractivity contribution in [2.45, 2.75) is 45.3 Å². The Morgan fingerprint density at radius 3 is 2.44 bits per heavy atom. The van der Waals surface area contributed by atoms with Crippen LogP contribution in [0.3, 0.4) is 0 Å². The maximum atomic E-state index is 13.0. The van der Waals surface area contributed by atoms with Gasteiger partial charge in [-0.25, -0.2) is 4.79 Å². The van der Waals surface area contributed by atoms with Crippen LogP contribution >= 0.6 is 0 Å². The van der Waals surface area contributed by atoms with Gasteiger partial charge in [0.25, 0.3) is 5.56 Å². The molecular weight excluding hydrogens is 410 g/mol. The molecule has 1 atom stereocenters. The molecule has 1 saturated heterocycles. The summed E-state index contributed by atoms with van der Waals surface area (Å²) in [6.45, 7) is 3.82. The van der Waals surface area contributed by atoms with Crippen LogP contribution in [-0.2, 0) is 20.6 Å². The minimum atomic E-state index is -0.861. The number of ether oxygens (including phenoxy) is 1. The van der Waals surface area contributed by atoms with Crippen LogP contribution in [0.25, 0.3) is 11.2 Å². The third-order valence-electron chi connectivity index (χ3n) is 6.13. The van der Waals surface area contributed by atoms with Gasteiger partial charge in [0.05, 0.1) is 6.54 Å². The topological polar surface area (TPSA) is 94.5 Å². The summed E-state index contributed by atoms with van der Waals surface area (Å²) in [6.07, 6.45) is 3.53. The van der Waals surface area contributed by atoms with Crippen molar-refractivity contribution in [3.05, 3.63) is 50.7 Å². The molecule has 9 heteroatoms. The van der Waals surface area contributed by atoms with Gasteiger partial charge in [-0.1, -0.05) is 31.0 Å². The largest absolute Gasteiger partial charge is 0.491 e. The van der Waals surface area contributed by atoms with E-state index in [9.17, 15) is 14.7 Å². The molecule has 0 saturated carbocycles. The lowest BCUT2D eigenvalue weighted by Gasteiger charge is -2.24. The molecule has 0 unspecified atom stereocenters. The monoisotopic (exact) mass is 441 g/mol. The first-order valence-electron chi connectivity index (χ1n) is 11.2. The maximum Gasteiger partial charge on any atom is 0.332 e. The molecule has 172 valence electrons. The highest BCUT2D eigenvalue weighted by Gasteiger charge is 2.25. The minimum absolute atomic E-state index is 0.0794. The van der Waals surface area contributed by atoms with Gasteiger partial charge in [0.15, 0.2) is 11.2 Å². The number of hydrogen-bond donors (Lipinski definition) is 1. The lowest BCUT2D eigenvalue weighted by atomic mass is 10.2. The second-order valence-electron chi connectivity index (χ2n) is 8.53. The fourth-order valence-electron chi connectivity index (χ4n) is 4.29. The van der Waals surface area contributed by atoms with Crippen LogP contribution in [-0.4, -0.2) is 49.6 Å². The number of para-hydroxylation sites is 1. The summed E-state index contributed by atoms with van der Waals surface area (Å²) >= 11 is 0. The lowest BCUT2D eigenvalue weighted by molar-refractivity contribution is 0.0933. The van der Waals surface area contributed by atoms with Crippen molar-refractivity contribution < 1.29 is 9.84 Å². The van der Waals surface area contributed by atoms with Gasteiger partial charge in [0.2, 0.25) is 5.95 Å². The van der Waals surface area contributed by atoms with Gasteiger partial charge < -0.3 is 19.3 Å². The zero-order chi connectivity index (χ0) is 22.8. The van der Waals surface area contributed by atoms with Crippen LogP contribution in [0.15, 0.2) is 33.9 Å². The van der Waals surface area contributed by atoms with E-state index in [1.807, 2.05) is 31.2 Å². The van der Waals surface area contributed by atoms with E-state index in [0.29, 0.717) is 22.9 Å². The molecule has 2 aromatic heterocycles. The van der Waals surface area contributed by atoms with Gasteiger partial charge in [-0.3, -0.25) is 13.9 Å². The second-order valence-corrected chi connectivity index (χ2v) is 8.53. The molecule has 1 aliphatic rings. The number of fused-ring (bicyclic) bond motifs is 1. The van der Waals surface area contributed by atoms with Crippen LogP contribution in [0.2, 0.25) is 0 Å². The maximum absolute atomic E-state index is 13.0. The SMILES string of the molecule is Cc1ccccc1OC[C@H](O)Cn1c(N2CCCCCC2)nc2c1c(=O)n(C)c(=O)n2C. The Morgan fingerprint density at radius 2 is 1.75 bits per heavy atom. The first-order valence-corrected chi connectivity index (χ1v) is 11.2. The molecular formula is C23H31N5O4. The fourth-order valence-corrected chi connectivity index (χ4v) is 4.29. The minimum Gasteiger partial charge on any atom is -0.491 e. The third kappa shape index (κ3) is 4.17. The molecule has 32 heavy (non-hydrogen) atoms. The van der Waals surface area contributed by atoms with Gasteiger partial charge in [0.1, 0.15) is 18.5 Å². The summed E-state index contributed by atoms with van der Waals surface area (Å²) in [5, 5.41) is 10.8. The van der Waals surface area contributed by atoms with Crippen molar-refractivity contribution in [1.82, 2.24) is 18.7 Å². The van der Waals surface area contributed by atoms with Gasteiger partial charge in [-0.15, -0.1) is 0 Å². The normalized spacial score (nSPS) is 15.7. The highest BCUT2D eigenvalue weighted by molar-refractivity contribution is 5.74. The summed E-state index contributed by atoms with van der Waals surface area (Å²) in [5.41, 5.74) is 0.816. The number of rotatable bonds is 6. The predicted molar refractivity (Wildman–Crippen MR) is 124 cm³/mol. The van der Waals surface area contributed by atoms with Crippen LogP contribution in [0, 0.1) is 6.92 Å². The molecule has 0 radical (unpaired) electrons. The molecule has 9 nitrogen and oxygen atoms in total. The molecule has 3 heterocycles. The lowest BCUT2D eigenvalue weighted by Crippen LogP contribution is -2.38. The Kier molecular flexibility index (Phi) is 6.36. The summed E-state index contributed by atoms with van der Waals surface area (Å²) in [6, 6.07) is 7.64. The van der Waals surface area contributed by atoms with E-state index in [0.717, 1.165) is 48.9 Å². The van der Waals surface area contributed by atoms with Gasteiger partial charge in [-0.05, 0) is 31.4 Å². The number of aliphatic hydroxyl groups excluding tert-OH is 1. The number of imidazole rings is 1. The molecule has 1 aliphatic heterocycles. The number of aliphatic hydroxyl groups is 1.